The van der Waals surface area contributed by atoms with Gasteiger partial charge in [-0.1, -0.05) is 13.0 Å². The highest BCUT2D eigenvalue weighted by Crippen LogP contribution is 2.25. The maximum Gasteiger partial charge on any atom is 0.412 e. The van der Waals surface area contributed by atoms with Gasteiger partial charge in [0.2, 0.25) is 0 Å². The molecule has 2 N–H and O–H groups in total. The summed E-state index contributed by atoms with van der Waals surface area (Å²) in [6, 6.07) is 7.22. The Morgan fingerprint density at radius 2 is 2.07 bits per heavy atom. The second-order valence-electron chi connectivity index (χ2n) is 6.03. The molecular formula is C20H20N4O3. The van der Waals surface area contributed by atoms with E-state index in [-0.39, 0.29) is 5.56 Å². The number of amides is 1. The van der Waals surface area contributed by atoms with Crippen molar-refractivity contribution in [2.75, 3.05) is 0 Å². The first-order valence-electron chi connectivity index (χ1n) is 8.59. The van der Waals surface area contributed by atoms with Crippen LogP contribution in [0.25, 0.3) is 11.1 Å². The molecular weight excluding hydrogens is 344 g/mol. The number of carbonyl (C=O) groups excluding carboxylic acids is 1. The van der Waals surface area contributed by atoms with E-state index >= 15 is 0 Å². The zero-order valence-corrected chi connectivity index (χ0v) is 15.2. The van der Waals surface area contributed by atoms with Crippen molar-refractivity contribution >= 4 is 6.09 Å². The van der Waals surface area contributed by atoms with Crippen molar-refractivity contribution in [2.24, 2.45) is 0 Å². The molecule has 0 aliphatic rings. The van der Waals surface area contributed by atoms with Gasteiger partial charge in [0, 0.05) is 47.5 Å². The van der Waals surface area contributed by atoms with Gasteiger partial charge in [0.05, 0.1) is 6.20 Å². The number of aromatic amines is 1. The van der Waals surface area contributed by atoms with Crippen molar-refractivity contribution in [3.05, 3.63) is 76.2 Å². The zero-order chi connectivity index (χ0) is 19.2. The van der Waals surface area contributed by atoms with E-state index in [1.165, 1.54) is 6.20 Å². The molecule has 0 saturated heterocycles. The van der Waals surface area contributed by atoms with E-state index in [9.17, 15) is 9.59 Å². The molecule has 0 bridgehead atoms. The van der Waals surface area contributed by atoms with Gasteiger partial charge in [-0.05, 0) is 37.1 Å². The van der Waals surface area contributed by atoms with Crippen LogP contribution in [0.1, 0.15) is 23.7 Å². The molecule has 138 valence electrons. The third-order valence-electron chi connectivity index (χ3n) is 4.09. The van der Waals surface area contributed by atoms with Crippen LogP contribution in [0, 0.1) is 6.92 Å². The van der Waals surface area contributed by atoms with E-state index < -0.39 is 6.09 Å². The molecule has 3 rings (SSSR count). The van der Waals surface area contributed by atoms with Crippen molar-refractivity contribution < 1.29 is 9.53 Å². The van der Waals surface area contributed by atoms with Gasteiger partial charge in [0.15, 0.2) is 5.75 Å². The fourth-order valence-electron chi connectivity index (χ4n) is 2.67. The van der Waals surface area contributed by atoms with Gasteiger partial charge in [-0.25, -0.2) is 4.79 Å². The molecule has 0 saturated carbocycles. The first-order chi connectivity index (χ1) is 13.1. The maximum absolute atomic E-state index is 12.0. The van der Waals surface area contributed by atoms with Gasteiger partial charge in [-0.2, -0.15) is 0 Å². The smallest absolute Gasteiger partial charge is 0.409 e. The topological polar surface area (TPSA) is 97.0 Å². The number of H-pyrrole nitrogens is 1. The van der Waals surface area contributed by atoms with Crippen LogP contribution in [0.4, 0.5) is 4.79 Å². The number of pyridine rings is 3. The molecule has 0 atom stereocenters. The monoisotopic (exact) mass is 364 g/mol. The Morgan fingerprint density at radius 1 is 1.22 bits per heavy atom. The van der Waals surface area contributed by atoms with Crippen molar-refractivity contribution in [3.63, 3.8) is 0 Å². The van der Waals surface area contributed by atoms with Gasteiger partial charge in [0.1, 0.15) is 0 Å². The third-order valence-corrected chi connectivity index (χ3v) is 4.09. The molecule has 1 amide bonds. The van der Waals surface area contributed by atoms with E-state index in [4.69, 9.17) is 4.74 Å². The van der Waals surface area contributed by atoms with E-state index in [1.54, 1.807) is 30.7 Å². The SMILES string of the molecule is CCc1cc(-c2cncc(OC(=O)NCc3cccnc3)c2)c(C)[nH]c1=O. The van der Waals surface area contributed by atoms with Crippen LogP contribution >= 0.6 is 0 Å². The second-order valence-corrected chi connectivity index (χ2v) is 6.03. The van der Waals surface area contributed by atoms with E-state index in [1.807, 2.05) is 26.0 Å². The molecule has 0 fully saturated rings. The lowest BCUT2D eigenvalue weighted by Crippen LogP contribution is -2.26. The minimum Gasteiger partial charge on any atom is -0.409 e. The summed E-state index contributed by atoms with van der Waals surface area (Å²) in [5.74, 6) is 0.319. The Kier molecular flexibility index (Phi) is 5.61. The van der Waals surface area contributed by atoms with Crippen molar-refractivity contribution in [3.8, 4) is 16.9 Å². The predicted molar refractivity (Wildman–Crippen MR) is 102 cm³/mol. The van der Waals surface area contributed by atoms with E-state index in [2.05, 4.69) is 20.3 Å². The summed E-state index contributed by atoms with van der Waals surface area (Å²) >= 11 is 0. The number of carbonyl (C=O) groups is 1. The van der Waals surface area contributed by atoms with Crippen LogP contribution < -0.4 is 15.6 Å². The number of hydrogen-bond acceptors (Lipinski definition) is 5. The van der Waals surface area contributed by atoms with Crippen LogP contribution in [-0.4, -0.2) is 21.0 Å². The summed E-state index contributed by atoms with van der Waals surface area (Å²) in [7, 11) is 0. The average molecular weight is 364 g/mol. The summed E-state index contributed by atoms with van der Waals surface area (Å²) in [6.07, 6.45) is 6.53. The molecule has 3 heterocycles. The number of ether oxygens (including phenoxy) is 1. The summed E-state index contributed by atoms with van der Waals surface area (Å²) in [5, 5.41) is 2.67. The lowest BCUT2D eigenvalue weighted by molar-refractivity contribution is 0.200. The second kappa shape index (κ2) is 8.27. The first kappa shape index (κ1) is 18.3. The standard InChI is InChI=1S/C20H20N4O3/c1-3-15-8-18(13(2)24-19(15)25)16-7-17(12-22-11-16)27-20(26)23-10-14-5-4-6-21-9-14/h4-9,11-12H,3,10H2,1-2H3,(H,23,26)(H,24,25). The highest BCUT2D eigenvalue weighted by atomic mass is 16.6. The van der Waals surface area contributed by atoms with Crippen LogP contribution in [0.3, 0.4) is 0 Å². The highest BCUT2D eigenvalue weighted by molar-refractivity contribution is 5.72. The van der Waals surface area contributed by atoms with Gasteiger partial charge in [-0.3, -0.25) is 14.8 Å². The summed E-state index contributed by atoms with van der Waals surface area (Å²) < 4.78 is 5.31. The minimum absolute atomic E-state index is 0.0890. The maximum atomic E-state index is 12.0. The predicted octanol–water partition coefficient (Wildman–Crippen LogP) is 2.99. The normalized spacial score (nSPS) is 10.4. The molecule has 0 aliphatic carbocycles. The van der Waals surface area contributed by atoms with Gasteiger partial charge < -0.3 is 15.0 Å². The molecule has 3 aromatic heterocycles. The Labute approximate surface area is 156 Å². The Morgan fingerprint density at radius 3 is 2.81 bits per heavy atom. The molecule has 0 aliphatic heterocycles. The molecule has 0 spiro atoms. The van der Waals surface area contributed by atoms with Crippen LogP contribution in [0.15, 0.2) is 53.8 Å². The van der Waals surface area contributed by atoms with Crippen LogP contribution in [0.2, 0.25) is 0 Å². The largest absolute Gasteiger partial charge is 0.412 e. The molecule has 0 unspecified atom stereocenters. The minimum atomic E-state index is -0.578. The van der Waals surface area contributed by atoms with Gasteiger partial charge >= 0.3 is 6.09 Å². The van der Waals surface area contributed by atoms with Crippen molar-refractivity contribution in [1.82, 2.24) is 20.3 Å². The Balaban J connectivity index is 1.74. The number of aryl methyl sites for hydroxylation is 2. The van der Waals surface area contributed by atoms with Crippen molar-refractivity contribution in [2.45, 2.75) is 26.8 Å². The lowest BCUT2D eigenvalue weighted by atomic mass is 10.0. The van der Waals surface area contributed by atoms with Gasteiger partial charge in [-0.15, -0.1) is 0 Å². The molecule has 3 aromatic rings. The number of aromatic nitrogens is 3. The number of nitrogens with zero attached hydrogens (tertiary/aromatic N) is 2. The summed E-state index contributed by atoms with van der Waals surface area (Å²) in [4.78, 5) is 34.9. The number of nitrogens with one attached hydrogen (secondary N) is 2. The third kappa shape index (κ3) is 4.58. The number of rotatable bonds is 5. The van der Waals surface area contributed by atoms with Crippen LogP contribution in [-0.2, 0) is 13.0 Å². The van der Waals surface area contributed by atoms with E-state index in [0.29, 0.717) is 24.3 Å². The fourth-order valence-corrected chi connectivity index (χ4v) is 2.67. The van der Waals surface area contributed by atoms with Crippen molar-refractivity contribution in [1.29, 1.82) is 0 Å². The summed E-state index contributed by atoms with van der Waals surface area (Å²) in [6.45, 7) is 4.07. The summed E-state index contributed by atoms with van der Waals surface area (Å²) in [5.41, 5.74) is 3.82. The van der Waals surface area contributed by atoms with Crippen LogP contribution in [0.5, 0.6) is 5.75 Å². The quantitative estimate of drug-likeness (QED) is 0.725. The zero-order valence-electron chi connectivity index (χ0n) is 15.2. The highest BCUT2D eigenvalue weighted by Gasteiger charge is 2.10. The average Bonchev–Trinajstić information content (AvgIpc) is 2.67. The van der Waals surface area contributed by atoms with E-state index in [0.717, 1.165) is 22.4 Å². The lowest BCUT2D eigenvalue weighted by Gasteiger charge is -2.10. The Bertz CT molecular complexity index is 1000. The Hall–Kier alpha value is -3.48. The van der Waals surface area contributed by atoms with Gasteiger partial charge in [0.25, 0.3) is 5.56 Å². The number of hydrogen-bond donors (Lipinski definition) is 2. The molecule has 27 heavy (non-hydrogen) atoms. The molecule has 0 radical (unpaired) electrons. The molecule has 7 nitrogen and oxygen atoms in total. The molecule has 7 heteroatoms. The first-order valence-corrected chi connectivity index (χ1v) is 8.59. The molecule has 0 aromatic carbocycles. The fraction of sp³-hybridized carbons (Fsp3) is 0.200.